The number of fused-ring (bicyclic) bond motifs is 1. The smallest absolute Gasteiger partial charge is 0.416 e. The van der Waals surface area contributed by atoms with Gasteiger partial charge in [-0.3, -0.25) is 14.4 Å². The number of carbonyl (C=O) groups is 2. The first-order valence-electron chi connectivity index (χ1n) is 15.5. The van der Waals surface area contributed by atoms with E-state index in [1.807, 2.05) is 11.0 Å². The number of anilines is 2. The number of hydrogen-bond donors (Lipinski definition) is 2. The molecule has 0 atom stereocenters. The van der Waals surface area contributed by atoms with E-state index in [0.717, 1.165) is 30.5 Å². The predicted molar refractivity (Wildman–Crippen MR) is 167 cm³/mol. The van der Waals surface area contributed by atoms with Gasteiger partial charge in [-0.25, -0.2) is 4.98 Å². The molecule has 0 spiro atoms. The number of alkyl halides is 3. The minimum atomic E-state index is -4.51. The number of benzene rings is 1. The van der Waals surface area contributed by atoms with Crippen molar-refractivity contribution in [2.24, 2.45) is 0 Å². The van der Waals surface area contributed by atoms with E-state index in [0.29, 0.717) is 49.9 Å². The molecule has 250 valence electrons. The second-order valence-corrected chi connectivity index (χ2v) is 11.9. The third-order valence-corrected chi connectivity index (χ3v) is 8.64. The van der Waals surface area contributed by atoms with E-state index in [-0.39, 0.29) is 48.5 Å². The van der Waals surface area contributed by atoms with Gasteiger partial charge in [0.25, 0.3) is 11.5 Å². The monoisotopic (exact) mass is 664 g/mol. The molecule has 2 fully saturated rings. The van der Waals surface area contributed by atoms with Crippen LogP contribution in [-0.4, -0.2) is 85.4 Å². The highest BCUT2D eigenvalue weighted by Gasteiger charge is 2.37. The number of aromatic nitrogens is 5. The number of amides is 2. The van der Waals surface area contributed by atoms with Crippen molar-refractivity contribution >= 4 is 34.5 Å². The maximum Gasteiger partial charge on any atom is 0.416 e. The maximum atomic E-state index is 14.2. The summed E-state index contributed by atoms with van der Waals surface area (Å²) in [5, 5.41) is 17.4. The van der Waals surface area contributed by atoms with Crippen LogP contribution in [0.15, 0.2) is 53.5 Å². The van der Waals surface area contributed by atoms with Crippen LogP contribution in [0.25, 0.3) is 11.4 Å². The zero-order valence-electron chi connectivity index (χ0n) is 25.6. The Morgan fingerprint density at radius 3 is 2.46 bits per heavy atom. The van der Waals surface area contributed by atoms with Crippen LogP contribution in [0.1, 0.15) is 52.8 Å². The van der Waals surface area contributed by atoms with Gasteiger partial charge in [0.2, 0.25) is 11.7 Å². The average molecular weight is 665 g/mol. The molecule has 13 nitrogen and oxygen atoms in total. The fourth-order valence-electron chi connectivity index (χ4n) is 6.08. The minimum Gasteiger partial charge on any atom is -0.505 e. The average Bonchev–Trinajstić information content (AvgIpc) is 3.82. The van der Waals surface area contributed by atoms with Gasteiger partial charge in [0.15, 0.2) is 11.5 Å². The van der Waals surface area contributed by atoms with Crippen LogP contribution < -0.4 is 15.8 Å². The van der Waals surface area contributed by atoms with Gasteiger partial charge < -0.3 is 29.5 Å². The van der Waals surface area contributed by atoms with Crippen molar-refractivity contribution in [2.75, 3.05) is 49.6 Å². The Kier molecular flexibility index (Phi) is 8.10. The van der Waals surface area contributed by atoms with Crippen molar-refractivity contribution in [1.82, 2.24) is 29.0 Å². The Morgan fingerprint density at radius 1 is 1.06 bits per heavy atom. The van der Waals surface area contributed by atoms with Gasteiger partial charge in [-0.15, -0.1) is 5.10 Å². The third kappa shape index (κ3) is 6.10. The van der Waals surface area contributed by atoms with E-state index in [4.69, 9.17) is 9.72 Å². The number of aromatic hydroxyl groups is 1. The lowest BCUT2D eigenvalue weighted by Crippen LogP contribution is -2.51. The molecule has 1 aromatic carbocycles. The Hall–Kier alpha value is -5.25. The summed E-state index contributed by atoms with van der Waals surface area (Å²) in [6.45, 7) is 1.66. The van der Waals surface area contributed by atoms with E-state index in [1.54, 1.807) is 9.47 Å². The van der Waals surface area contributed by atoms with Crippen LogP contribution in [0, 0.1) is 0 Å². The number of rotatable bonds is 7. The largest absolute Gasteiger partial charge is 0.505 e. The summed E-state index contributed by atoms with van der Waals surface area (Å²) in [4.78, 5) is 53.0. The number of ether oxygens (including phenoxy) is 1. The molecule has 2 amide bonds. The minimum absolute atomic E-state index is 0.0378. The number of nitrogens with zero attached hydrogens (tertiary/aromatic N) is 7. The van der Waals surface area contributed by atoms with Crippen molar-refractivity contribution in [1.29, 1.82) is 0 Å². The summed E-state index contributed by atoms with van der Waals surface area (Å²) in [6, 6.07) is 7.09. The van der Waals surface area contributed by atoms with E-state index in [2.05, 4.69) is 15.4 Å². The quantitative estimate of drug-likeness (QED) is 0.304. The van der Waals surface area contributed by atoms with Crippen LogP contribution in [0.3, 0.4) is 0 Å². The first-order chi connectivity index (χ1) is 23.1. The molecule has 2 aliphatic heterocycles. The van der Waals surface area contributed by atoms with Gasteiger partial charge in [0, 0.05) is 44.0 Å². The molecule has 3 aliphatic rings. The Balaban J connectivity index is 1.24. The molecule has 48 heavy (non-hydrogen) atoms. The number of nitrogens with one attached hydrogen (secondary N) is 1. The van der Waals surface area contributed by atoms with Crippen LogP contribution in [0.4, 0.5) is 24.5 Å². The van der Waals surface area contributed by atoms with Crippen LogP contribution in [0.5, 0.6) is 5.75 Å². The lowest BCUT2D eigenvalue weighted by molar-refractivity contribution is -0.137. The van der Waals surface area contributed by atoms with Gasteiger partial charge in [-0.05, 0) is 61.2 Å². The van der Waals surface area contributed by atoms with E-state index in [1.165, 1.54) is 35.0 Å². The number of hydrogen-bond acceptors (Lipinski definition) is 9. The van der Waals surface area contributed by atoms with Crippen LogP contribution in [-0.2, 0) is 22.3 Å². The molecule has 16 heteroatoms. The van der Waals surface area contributed by atoms with Gasteiger partial charge in [-0.2, -0.15) is 22.7 Å². The zero-order valence-corrected chi connectivity index (χ0v) is 25.6. The number of pyridine rings is 1. The fourth-order valence-corrected chi connectivity index (χ4v) is 6.08. The standard InChI is InChI=1S/C32H31F3N8O5/c33-32(34,35)21-5-7-22(8-6-21)37-24(45)18-42-26(19-3-4-19)27(30(47)43-31(42)38-28(39-43)20-9-16-48-17-10-20)40-12-14-41(15-13-40)29(46)25-23(44)2-1-11-36-25/h1-2,5-9,11,19,44H,3-4,10,12-18H2,(H,37,45). The van der Waals surface area contributed by atoms with E-state index < -0.39 is 29.1 Å². The first kappa shape index (κ1) is 31.4. The zero-order chi connectivity index (χ0) is 33.6. The summed E-state index contributed by atoms with van der Waals surface area (Å²) >= 11 is 0. The van der Waals surface area contributed by atoms with E-state index >= 15 is 0 Å². The summed E-state index contributed by atoms with van der Waals surface area (Å²) in [6.07, 6.45) is 0.879. The lowest BCUT2D eigenvalue weighted by atomic mass is 10.1. The molecule has 0 unspecified atom stereocenters. The molecule has 1 saturated heterocycles. The molecule has 5 heterocycles. The summed E-state index contributed by atoms with van der Waals surface area (Å²) < 4.78 is 47.5. The number of carbonyl (C=O) groups excluding carboxylic acids is 2. The Labute approximate surface area is 271 Å². The molecule has 0 radical (unpaired) electrons. The summed E-state index contributed by atoms with van der Waals surface area (Å²) in [5.41, 5.74) is 0.692. The highest BCUT2D eigenvalue weighted by atomic mass is 19.4. The van der Waals surface area contributed by atoms with Gasteiger partial charge in [0.05, 0.1) is 24.5 Å². The Bertz CT molecular complexity index is 1980. The molecule has 2 N–H and O–H groups in total. The van der Waals surface area contributed by atoms with Crippen LogP contribution in [0.2, 0.25) is 0 Å². The first-order valence-corrected chi connectivity index (χ1v) is 15.5. The fraction of sp³-hybridized carbons (Fsp3) is 0.375. The van der Waals surface area contributed by atoms with Gasteiger partial charge >= 0.3 is 6.18 Å². The molecule has 1 aliphatic carbocycles. The topological polar surface area (TPSA) is 147 Å². The van der Waals surface area contributed by atoms with Crippen molar-refractivity contribution in [3.8, 4) is 5.75 Å². The molecule has 4 aromatic rings. The maximum absolute atomic E-state index is 14.2. The number of piperazine rings is 1. The highest BCUT2D eigenvalue weighted by molar-refractivity contribution is 5.95. The summed E-state index contributed by atoms with van der Waals surface area (Å²) in [7, 11) is 0. The second kappa shape index (κ2) is 12.4. The van der Waals surface area contributed by atoms with Crippen molar-refractivity contribution in [3.05, 3.63) is 81.8 Å². The lowest BCUT2D eigenvalue weighted by Gasteiger charge is -2.36. The van der Waals surface area contributed by atoms with Gasteiger partial charge in [-0.1, -0.05) is 6.08 Å². The second-order valence-electron chi connectivity index (χ2n) is 11.9. The summed E-state index contributed by atoms with van der Waals surface area (Å²) in [5.74, 6) is -0.677. The van der Waals surface area contributed by atoms with Gasteiger partial charge in [0.1, 0.15) is 18.0 Å². The van der Waals surface area contributed by atoms with Crippen molar-refractivity contribution in [3.63, 3.8) is 0 Å². The SMILES string of the molecule is O=C(Cn1c(C2CC2)c(N2CCN(C(=O)c3ncccc3O)CC2)c(=O)n2nc(C3=CCOCC3)nc12)Nc1ccc(C(F)(F)F)cc1. The van der Waals surface area contributed by atoms with Crippen molar-refractivity contribution < 1.29 is 32.6 Å². The molecule has 7 rings (SSSR count). The molecular weight excluding hydrogens is 633 g/mol. The molecular formula is C32H31F3N8O5. The van der Waals surface area contributed by atoms with E-state index in [9.17, 15) is 32.7 Å². The normalized spacial score (nSPS) is 17.0. The molecule has 0 bridgehead atoms. The third-order valence-electron chi connectivity index (χ3n) is 8.64. The van der Waals surface area contributed by atoms with Crippen LogP contribution >= 0.6 is 0 Å². The molecule has 1 saturated carbocycles. The predicted octanol–water partition coefficient (Wildman–Crippen LogP) is 3.29. The number of halogens is 3. The molecule has 3 aromatic heterocycles. The Morgan fingerprint density at radius 2 is 1.81 bits per heavy atom. The van der Waals surface area contributed by atoms with Crippen molar-refractivity contribution in [2.45, 2.75) is 37.9 Å². The highest BCUT2D eigenvalue weighted by Crippen LogP contribution is 2.44.